The van der Waals surface area contributed by atoms with Crippen LogP contribution < -0.4 is 5.32 Å². The zero-order valence-corrected chi connectivity index (χ0v) is 18.3. The second-order valence-corrected chi connectivity index (χ2v) is 8.45. The van der Waals surface area contributed by atoms with E-state index >= 15 is 0 Å². The summed E-state index contributed by atoms with van der Waals surface area (Å²) >= 11 is 0. The molecule has 1 aromatic heterocycles. The number of hydrogen-bond acceptors (Lipinski definition) is 5. The number of furan rings is 1. The summed E-state index contributed by atoms with van der Waals surface area (Å²) in [5, 5.41) is 3.57. The first kappa shape index (κ1) is 21.2. The maximum absolute atomic E-state index is 12.6. The summed E-state index contributed by atoms with van der Waals surface area (Å²) in [5.74, 6) is 3.01. The quantitative estimate of drug-likeness (QED) is 0.580. The Bertz CT molecular complexity index is 729. The lowest BCUT2D eigenvalue weighted by Crippen LogP contribution is -2.55. The molecule has 2 unspecified atom stereocenters. The van der Waals surface area contributed by atoms with Gasteiger partial charge in [0, 0.05) is 46.4 Å². The van der Waals surface area contributed by atoms with Crippen LogP contribution in [0.15, 0.2) is 21.5 Å². The predicted molar refractivity (Wildman–Crippen MR) is 115 cm³/mol. The lowest BCUT2D eigenvalue weighted by atomic mass is 10.2. The molecule has 2 atom stereocenters. The smallest absolute Gasteiger partial charge is 0.251 e. The third kappa shape index (κ3) is 4.81. The molecule has 0 bridgehead atoms. The lowest BCUT2D eigenvalue weighted by molar-refractivity contribution is -0.142. The molecule has 8 heteroatoms. The van der Waals surface area contributed by atoms with E-state index in [1.165, 1.54) is 12.8 Å². The van der Waals surface area contributed by atoms with Crippen molar-refractivity contribution in [3.05, 3.63) is 23.7 Å². The van der Waals surface area contributed by atoms with Gasteiger partial charge in [0.25, 0.3) is 5.91 Å². The minimum Gasteiger partial charge on any atom is -0.465 e. The number of rotatable bonds is 5. The Morgan fingerprint density at radius 3 is 2.47 bits per heavy atom. The highest BCUT2D eigenvalue weighted by Crippen LogP contribution is 2.26. The Labute approximate surface area is 179 Å². The fraction of sp³-hybridized carbons (Fsp3) is 0.727. The van der Waals surface area contributed by atoms with Crippen molar-refractivity contribution in [3.63, 3.8) is 0 Å². The van der Waals surface area contributed by atoms with Gasteiger partial charge in [-0.3, -0.25) is 14.7 Å². The molecule has 166 valence electrons. The molecule has 0 aromatic carbocycles. The zero-order valence-electron chi connectivity index (χ0n) is 18.3. The molecule has 3 aliphatic heterocycles. The molecule has 1 aromatic rings. The molecule has 0 aliphatic carbocycles. The van der Waals surface area contributed by atoms with Gasteiger partial charge < -0.3 is 24.3 Å². The zero-order chi connectivity index (χ0) is 20.9. The van der Waals surface area contributed by atoms with Crippen molar-refractivity contribution in [1.82, 2.24) is 20.0 Å². The number of amides is 1. The van der Waals surface area contributed by atoms with E-state index in [9.17, 15) is 4.79 Å². The van der Waals surface area contributed by atoms with Crippen molar-refractivity contribution < 1.29 is 13.9 Å². The Morgan fingerprint density at radius 1 is 1.13 bits per heavy atom. The molecular weight excluding hydrogens is 382 g/mol. The van der Waals surface area contributed by atoms with Gasteiger partial charge in [-0.25, -0.2) is 0 Å². The molecule has 3 aliphatic rings. The largest absolute Gasteiger partial charge is 0.465 e. The van der Waals surface area contributed by atoms with Crippen LogP contribution in [-0.2, 0) is 9.53 Å². The third-order valence-corrected chi connectivity index (χ3v) is 6.43. The SMILES string of the molecule is CN=C(NCC(c1ccc(C)o1)N1CCCC1)N1CCN(C(=O)C2CCCO2)CC1. The van der Waals surface area contributed by atoms with Crippen molar-refractivity contribution >= 4 is 11.9 Å². The van der Waals surface area contributed by atoms with Crippen LogP contribution >= 0.6 is 0 Å². The summed E-state index contributed by atoms with van der Waals surface area (Å²) < 4.78 is 11.5. The molecule has 4 rings (SSSR count). The van der Waals surface area contributed by atoms with E-state index in [0.717, 1.165) is 63.0 Å². The second kappa shape index (κ2) is 9.83. The molecule has 8 nitrogen and oxygen atoms in total. The molecule has 1 amide bonds. The standard InChI is InChI=1S/C22H35N5O3/c1-17-7-8-19(30-17)18(25-9-3-4-10-25)16-24-22(23-2)27-13-11-26(12-14-27)21(28)20-6-5-15-29-20/h7-8,18,20H,3-6,9-16H2,1-2H3,(H,23,24). The van der Waals surface area contributed by atoms with Gasteiger partial charge in [-0.1, -0.05) is 0 Å². The van der Waals surface area contributed by atoms with E-state index in [2.05, 4.69) is 26.2 Å². The van der Waals surface area contributed by atoms with E-state index in [1.807, 2.05) is 24.9 Å². The van der Waals surface area contributed by atoms with Gasteiger partial charge in [0.15, 0.2) is 5.96 Å². The average molecular weight is 418 g/mol. The number of carbonyl (C=O) groups is 1. The first-order valence-electron chi connectivity index (χ1n) is 11.3. The maximum Gasteiger partial charge on any atom is 0.251 e. The number of ether oxygens (including phenoxy) is 1. The number of likely N-dealkylation sites (tertiary alicyclic amines) is 1. The Hall–Kier alpha value is -2.06. The normalized spacial score (nSPS) is 24.5. The van der Waals surface area contributed by atoms with Crippen LogP contribution in [0.1, 0.15) is 43.2 Å². The van der Waals surface area contributed by atoms with Crippen LogP contribution in [0, 0.1) is 6.92 Å². The summed E-state index contributed by atoms with van der Waals surface area (Å²) in [4.78, 5) is 23.8. The van der Waals surface area contributed by atoms with Crippen molar-refractivity contribution in [2.45, 2.75) is 44.8 Å². The highest BCUT2D eigenvalue weighted by molar-refractivity contribution is 5.82. The third-order valence-electron chi connectivity index (χ3n) is 6.43. The van der Waals surface area contributed by atoms with E-state index < -0.39 is 0 Å². The second-order valence-electron chi connectivity index (χ2n) is 8.45. The summed E-state index contributed by atoms with van der Waals surface area (Å²) in [6.45, 7) is 8.67. The van der Waals surface area contributed by atoms with E-state index in [-0.39, 0.29) is 18.1 Å². The minimum atomic E-state index is -0.230. The number of nitrogens with zero attached hydrogens (tertiary/aromatic N) is 4. The monoisotopic (exact) mass is 417 g/mol. The highest BCUT2D eigenvalue weighted by Gasteiger charge is 2.31. The first-order chi connectivity index (χ1) is 14.7. The van der Waals surface area contributed by atoms with Crippen LogP contribution in [-0.4, -0.2) is 92.1 Å². The van der Waals surface area contributed by atoms with Gasteiger partial charge in [-0.15, -0.1) is 0 Å². The molecule has 4 heterocycles. The molecule has 0 radical (unpaired) electrons. The van der Waals surface area contributed by atoms with E-state index in [1.54, 1.807) is 0 Å². The number of nitrogens with one attached hydrogen (secondary N) is 1. The first-order valence-corrected chi connectivity index (χ1v) is 11.3. The van der Waals surface area contributed by atoms with E-state index in [0.29, 0.717) is 19.7 Å². The summed E-state index contributed by atoms with van der Waals surface area (Å²) in [7, 11) is 1.83. The van der Waals surface area contributed by atoms with Crippen LogP contribution in [0.5, 0.6) is 0 Å². The number of aryl methyl sites for hydroxylation is 1. The number of aliphatic imine (C=N–C) groups is 1. The van der Waals surface area contributed by atoms with Gasteiger partial charge in [-0.2, -0.15) is 0 Å². The molecule has 3 fully saturated rings. The van der Waals surface area contributed by atoms with Crippen LogP contribution in [0.3, 0.4) is 0 Å². The van der Waals surface area contributed by atoms with Crippen LogP contribution in [0.25, 0.3) is 0 Å². The van der Waals surface area contributed by atoms with Gasteiger partial charge in [-0.05, 0) is 57.8 Å². The molecular formula is C22H35N5O3. The Morgan fingerprint density at radius 2 is 1.87 bits per heavy atom. The van der Waals surface area contributed by atoms with Gasteiger partial charge in [0.2, 0.25) is 0 Å². The summed E-state index contributed by atoms with van der Waals surface area (Å²) in [6, 6.07) is 4.34. The highest BCUT2D eigenvalue weighted by atomic mass is 16.5. The van der Waals surface area contributed by atoms with Crippen molar-refractivity contribution in [1.29, 1.82) is 0 Å². The number of guanidine groups is 1. The molecule has 1 N–H and O–H groups in total. The molecule has 0 saturated carbocycles. The fourth-order valence-electron chi connectivity index (χ4n) is 4.73. The summed E-state index contributed by atoms with van der Waals surface area (Å²) in [6.07, 6.45) is 4.09. The van der Waals surface area contributed by atoms with Crippen LogP contribution in [0.4, 0.5) is 0 Å². The van der Waals surface area contributed by atoms with E-state index in [4.69, 9.17) is 9.15 Å². The number of piperazine rings is 1. The lowest BCUT2D eigenvalue weighted by Gasteiger charge is -2.38. The summed E-state index contributed by atoms with van der Waals surface area (Å²) in [5.41, 5.74) is 0. The maximum atomic E-state index is 12.6. The van der Waals surface area contributed by atoms with Crippen molar-refractivity contribution in [2.24, 2.45) is 4.99 Å². The predicted octanol–water partition coefficient (Wildman–Crippen LogP) is 1.62. The Balaban J connectivity index is 1.32. The Kier molecular flexibility index (Phi) is 6.94. The van der Waals surface area contributed by atoms with Crippen LogP contribution in [0.2, 0.25) is 0 Å². The van der Waals surface area contributed by atoms with Crippen molar-refractivity contribution in [3.8, 4) is 0 Å². The minimum absolute atomic E-state index is 0.150. The van der Waals surface area contributed by atoms with Gasteiger partial charge in [0.1, 0.15) is 17.6 Å². The average Bonchev–Trinajstić information content (AvgIpc) is 3.54. The van der Waals surface area contributed by atoms with Gasteiger partial charge >= 0.3 is 0 Å². The molecule has 0 spiro atoms. The van der Waals surface area contributed by atoms with Crippen molar-refractivity contribution in [2.75, 3.05) is 59.5 Å². The van der Waals surface area contributed by atoms with Gasteiger partial charge in [0.05, 0.1) is 6.04 Å². The molecule has 3 saturated heterocycles. The molecule has 30 heavy (non-hydrogen) atoms. The number of carbonyl (C=O) groups excluding carboxylic acids is 1. The number of hydrogen-bond donors (Lipinski definition) is 1. The fourth-order valence-corrected chi connectivity index (χ4v) is 4.73. The topological polar surface area (TPSA) is 73.6 Å².